The highest BCUT2D eigenvalue weighted by Crippen LogP contribution is 2.30. The molecule has 96 valence electrons. The van der Waals surface area contributed by atoms with E-state index in [1.807, 2.05) is 20.8 Å². The van der Waals surface area contributed by atoms with Gasteiger partial charge in [0.15, 0.2) is 17.5 Å². The molecule has 5 heteroatoms. The van der Waals surface area contributed by atoms with Crippen LogP contribution in [0.5, 0.6) is 0 Å². The Hall–Kier alpha value is -1.07. The van der Waals surface area contributed by atoms with Crippen LogP contribution in [0.15, 0.2) is 12.1 Å². The number of hydrazine groups is 1. The van der Waals surface area contributed by atoms with Gasteiger partial charge in [0, 0.05) is 5.56 Å². The third kappa shape index (κ3) is 2.79. The molecule has 2 atom stereocenters. The second-order valence-electron chi connectivity index (χ2n) is 4.51. The monoisotopic (exact) mass is 246 g/mol. The molecule has 1 rings (SSSR count). The lowest BCUT2D eigenvalue weighted by atomic mass is 9.86. The fraction of sp³-hybridized carbons (Fsp3) is 0.500. The van der Waals surface area contributed by atoms with Crippen LogP contribution in [-0.2, 0) is 0 Å². The van der Waals surface area contributed by atoms with Crippen LogP contribution in [-0.4, -0.2) is 0 Å². The van der Waals surface area contributed by atoms with Crippen LogP contribution < -0.4 is 11.3 Å². The van der Waals surface area contributed by atoms with Crippen molar-refractivity contribution in [1.82, 2.24) is 5.43 Å². The van der Waals surface area contributed by atoms with Gasteiger partial charge >= 0.3 is 0 Å². The summed E-state index contributed by atoms with van der Waals surface area (Å²) in [6.07, 6.45) is 0. The first-order valence-corrected chi connectivity index (χ1v) is 5.49. The van der Waals surface area contributed by atoms with E-state index in [1.165, 1.54) is 6.07 Å². The van der Waals surface area contributed by atoms with Gasteiger partial charge in [0.1, 0.15) is 0 Å². The predicted molar refractivity (Wildman–Crippen MR) is 60.4 cm³/mol. The molecule has 3 N–H and O–H groups in total. The van der Waals surface area contributed by atoms with Gasteiger partial charge in [0.2, 0.25) is 0 Å². The second-order valence-corrected chi connectivity index (χ2v) is 4.51. The molecule has 0 aromatic heterocycles. The van der Waals surface area contributed by atoms with Crippen LogP contribution in [0, 0.1) is 29.3 Å². The van der Waals surface area contributed by atoms with Crippen LogP contribution in [0.25, 0.3) is 0 Å². The zero-order chi connectivity index (χ0) is 13.2. The minimum absolute atomic E-state index is 0.0145. The normalized spacial score (nSPS) is 15.1. The van der Waals surface area contributed by atoms with E-state index < -0.39 is 23.5 Å². The molecule has 0 radical (unpaired) electrons. The van der Waals surface area contributed by atoms with Crippen molar-refractivity contribution in [1.29, 1.82) is 0 Å². The molecule has 0 aliphatic heterocycles. The summed E-state index contributed by atoms with van der Waals surface area (Å²) >= 11 is 0. The van der Waals surface area contributed by atoms with Crippen LogP contribution in [0.4, 0.5) is 13.2 Å². The van der Waals surface area contributed by atoms with E-state index in [2.05, 4.69) is 5.43 Å². The molecule has 0 bridgehead atoms. The number of hydrogen-bond donors (Lipinski definition) is 2. The molecule has 2 nitrogen and oxygen atoms in total. The summed E-state index contributed by atoms with van der Waals surface area (Å²) in [4.78, 5) is 0. The van der Waals surface area contributed by atoms with Gasteiger partial charge in [-0.15, -0.1) is 0 Å². The van der Waals surface area contributed by atoms with Gasteiger partial charge in [-0.3, -0.25) is 11.3 Å². The van der Waals surface area contributed by atoms with Crippen molar-refractivity contribution in [3.63, 3.8) is 0 Å². The highest BCUT2D eigenvalue weighted by molar-refractivity contribution is 5.24. The molecule has 0 aliphatic carbocycles. The van der Waals surface area contributed by atoms with Crippen LogP contribution in [0.3, 0.4) is 0 Å². The van der Waals surface area contributed by atoms with Gasteiger partial charge < -0.3 is 0 Å². The molecule has 0 saturated heterocycles. The smallest absolute Gasteiger partial charge is 0.194 e. The summed E-state index contributed by atoms with van der Waals surface area (Å²) in [5, 5.41) is 0. The molecular weight excluding hydrogens is 229 g/mol. The average molecular weight is 246 g/mol. The van der Waals surface area contributed by atoms with E-state index in [0.29, 0.717) is 0 Å². The Morgan fingerprint density at radius 1 is 1.06 bits per heavy atom. The first-order chi connectivity index (χ1) is 7.90. The minimum atomic E-state index is -1.46. The van der Waals surface area contributed by atoms with Crippen molar-refractivity contribution in [2.45, 2.75) is 26.8 Å². The van der Waals surface area contributed by atoms with Crippen molar-refractivity contribution in [2.75, 3.05) is 0 Å². The molecule has 0 spiro atoms. The Bertz CT molecular complexity index is 394. The first kappa shape index (κ1) is 14.0. The van der Waals surface area contributed by atoms with E-state index in [4.69, 9.17) is 5.84 Å². The van der Waals surface area contributed by atoms with Crippen molar-refractivity contribution < 1.29 is 13.2 Å². The van der Waals surface area contributed by atoms with Gasteiger partial charge in [0.05, 0.1) is 6.04 Å². The lowest BCUT2D eigenvalue weighted by Crippen LogP contribution is -2.35. The zero-order valence-electron chi connectivity index (χ0n) is 10.1. The lowest BCUT2D eigenvalue weighted by Gasteiger charge is -2.27. The Labute approximate surface area is 99.0 Å². The fourth-order valence-electron chi connectivity index (χ4n) is 1.69. The third-order valence-corrected chi connectivity index (χ3v) is 3.16. The summed E-state index contributed by atoms with van der Waals surface area (Å²) < 4.78 is 39.6. The Kier molecular flexibility index (Phi) is 4.54. The van der Waals surface area contributed by atoms with Crippen molar-refractivity contribution in [3.05, 3.63) is 35.1 Å². The molecular formula is C12H17F3N2. The van der Waals surface area contributed by atoms with E-state index in [-0.39, 0.29) is 17.4 Å². The molecule has 1 aromatic rings. The maximum absolute atomic E-state index is 13.6. The SMILES string of the molecule is CC(C)C(C)C(NN)c1ccc(F)c(F)c1F. The molecule has 2 unspecified atom stereocenters. The number of hydrogen-bond acceptors (Lipinski definition) is 2. The average Bonchev–Trinajstić information content (AvgIpc) is 2.29. The van der Waals surface area contributed by atoms with E-state index >= 15 is 0 Å². The summed E-state index contributed by atoms with van der Waals surface area (Å²) in [6, 6.07) is 1.58. The van der Waals surface area contributed by atoms with Crippen molar-refractivity contribution in [2.24, 2.45) is 17.7 Å². The van der Waals surface area contributed by atoms with Gasteiger partial charge in [0.25, 0.3) is 0 Å². The maximum atomic E-state index is 13.6. The van der Waals surface area contributed by atoms with Gasteiger partial charge in [-0.05, 0) is 17.9 Å². The topological polar surface area (TPSA) is 38.0 Å². The maximum Gasteiger partial charge on any atom is 0.194 e. The Balaban J connectivity index is 3.17. The highest BCUT2D eigenvalue weighted by Gasteiger charge is 2.26. The molecule has 0 saturated carbocycles. The highest BCUT2D eigenvalue weighted by atomic mass is 19.2. The molecule has 0 heterocycles. The van der Waals surface area contributed by atoms with E-state index in [0.717, 1.165) is 6.07 Å². The molecule has 0 aliphatic rings. The zero-order valence-corrected chi connectivity index (χ0v) is 10.1. The molecule has 1 aromatic carbocycles. The van der Waals surface area contributed by atoms with Crippen LogP contribution in [0.1, 0.15) is 32.4 Å². The minimum Gasteiger partial charge on any atom is -0.271 e. The fourth-order valence-corrected chi connectivity index (χ4v) is 1.69. The summed E-state index contributed by atoms with van der Waals surface area (Å²) in [7, 11) is 0. The van der Waals surface area contributed by atoms with Gasteiger partial charge in [-0.2, -0.15) is 0 Å². The largest absolute Gasteiger partial charge is 0.271 e. The van der Waals surface area contributed by atoms with Gasteiger partial charge in [-0.1, -0.05) is 26.8 Å². The Morgan fingerprint density at radius 3 is 2.12 bits per heavy atom. The van der Waals surface area contributed by atoms with Gasteiger partial charge in [-0.25, -0.2) is 13.2 Å². The summed E-state index contributed by atoms with van der Waals surface area (Å²) in [5.41, 5.74) is 2.51. The molecule has 0 fully saturated rings. The number of rotatable bonds is 4. The summed E-state index contributed by atoms with van der Waals surface area (Å²) in [6.45, 7) is 5.77. The van der Waals surface area contributed by atoms with Crippen LogP contribution >= 0.6 is 0 Å². The molecule has 0 amide bonds. The third-order valence-electron chi connectivity index (χ3n) is 3.16. The standard InChI is InChI=1S/C12H17F3N2/c1-6(2)7(3)12(17-16)8-4-5-9(13)11(15)10(8)14/h4-7,12,17H,16H2,1-3H3. The molecule has 17 heavy (non-hydrogen) atoms. The summed E-state index contributed by atoms with van der Waals surface area (Å²) in [5.74, 6) is 1.74. The first-order valence-electron chi connectivity index (χ1n) is 5.49. The predicted octanol–water partition coefficient (Wildman–Crippen LogP) is 2.90. The lowest BCUT2D eigenvalue weighted by molar-refractivity contribution is 0.295. The number of benzene rings is 1. The van der Waals surface area contributed by atoms with E-state index in [9.17, 15) is 13.2 Å². The van der Waals surface area contributed by atoms with Crippen molar-refractivity contribution >= 4 is 0 Å². The number of nitrogens with one attached hydrogen (secondary N) is 1. The van der Waals surface area contributed by atoms with Crippen molar-refractivity contribution in [3.8, 4) is 0 Å². The van der Waals surface area contributed by atoms with E-state index in [1.54, 1.807) is 0 Å². The quantitative estimate of drug-likeness (QED) is 0.487. The number of nitrogens with two attached hydrogens (primary N) is 1. The Morgan fingerprint density at radius 2 is 1.65 bits per heavy atom. The second kappa shape index (κ2) is 5.51. The number of halogens is 3. The van der Waals surface area contributed by atoms with Crippen LogP contribution in [0.2, 0.25) is 0 Å².